The van der Waals surface area contributed by atoms with E-state index in [-0.39, 0.29) is 17.9 Å². The summed E-state index contributed by atoms with van der Waals surface area (Å²) in [6.07, 6.45) is 1.52. The molecular weight excluding hydrogens is 371 g/mol. The zero-order valence-corrected chi connectivity index (χ0v) is 15.8. The van der Waals surface area contributed by atoms with E-state index in [4.69, 9.17) is 4.74 Å². The van der Waals surface area contributed by atoms with E-state index in [1.165, 1.54) is 40.3 Å². The van der Waals surface area contributed by atoms with E-state index in [2.05, 4.69) is 4.98 Å². The van der Waals surface area contributed by atoms with E-state index in [0.29, 0.717) is 15.8 Å². The van der Waals surface area contributed by atoms with Crippen molar-refractivity contribution in [2.45, 2.75) is 13.5 Å². The number of aromatic nitrogens is 2. The molecule has 4 nitrogen and oxygen atoms in total. The Kier molecular flexibility index (Phi) is 4.34. The first-order valence-corrected chi connectivity index (χ1v) is 9.62. The molecule has 0 bridgehead atoms. The molecule has 0 fully saturated rings. The van der Waals surface area contributed by atoms with Gasteiger partial charge < -0.3 is 4.74 Å². The Morgan fingerprint density at radius 1 is 1.27 bits per heavy atom. The van der Waals surface area contributed by atoms with Gasteiger partial charge in [-0.05, 0) is 36.8 Å². The van der Waals surface area contributed by atoms with Crippen molar-refractivity contribution in [3.8, 4) is 16.2 Å². The van der Waals surface area contributed by atoms with Crippen LogP contribution in [0.3, 0.4) is 0 Å². The molecule has 3 heterocycles. The normalized spacial score (nSPS) is 11.2. The molecule has 0 atom stereocenters. The minimum Gasteiger partial charge on any atom is -0.494 e. The second-order valence-electron chi connectivity index (χ2n) is 5.89. The average molecular weight is 386 g/mol. The minimum absolute atomic E-state index is 0.117. The molecule has 4 aromatic rings. The zero-order valence-electron chi connectivity index (χ0n) is 14.2. The van der Waals surface area contributed by atoms with E-state index >= 15 is 0 Å². The van der Waals surface area contributed by atoms with Crippen LogP contribution in [-0.2, 0) is 6.54 Å². The molecule has 0 unspecified atom stereocenters. The largest absolute Gasteiger partial charge is 0.494 e. The molecule has 0 saturated heterocycles. The molecule has 132 valence electrons. The fourth-order valence-electron chi connectivity index (χ4n) is 2.85. The summed E-state index contributed by atoms with van der Waals surface area (Å²) in [6, 6.07) is 8.75. The molecule has 0 N–H and O–H groups in total. The van der Waals surface area contributed by atoms with Crippen LogP contribution in [0.4, 0.5) is 4.39 Å². The number of halogens is 1. The highest BCUT2D eigenvalue weighted by Gasteiger charge is 2.15. The number of methoxy groups -OCH3 is 1. The third-order valence-electron chi connectivity index (χ3n) is 4.14. The van der Waals surface area contributed by atoms with E-state index < -0.39 is 5.82 Å². The first kappa shape index (κ1) is 16.9. The number of aryl methyl sites for hydroxylation is 1. The Morgan fingerprint density at radius 2 is 2.12 bits per heavy atom. The predicted molar refractivity (Wildman–Crippen MR) is 104 cm³/mol. The topological polar surface area (TPSA) is 44.1 Å². The number of fused-ring (bicyclic) bond motifs is 1. The Hall–Kier alpha value is -2.51. The van der Waals surface area contributed by atoms with Gasteiger partial charge in [0.15, 0.2) is 11.6 Å². The van der Waals surface area contributed by atoms with E-state index in [1.807, 2.05) is 24.4 Å². The molecule has 0 aliphatic carbocycles. The van der Waals surface area contributed by atoms with Crippen molar-refractivity contribution >= 4 is 32.9 Å². The molecule has 1 aromatic carbocycles. The van der Waals surface area contributed by atoms with Crippen molar-refractivity contribution in [1.82, 2.24) is 9.55 Å². The number of ether oxygens (including phenoxy) is 1. The summed E-state index contributed by atoms with van der Waals surface area (Å²) < 4.78 is 20.4. The van der Waals surface area contributed by atoms with Gasteiger partial charge in [-0.1, -0.05) is 6.07 Å². The second kappa shape index (κ2) is 6.66. The SMILES string of the molecule is COc1ccc(Cn2cnc3scc(-c4ccc(C)s4)c3c2=O)cc1F. The van der Waals surface area contributed by atoms with Gasteiger partial charge in [-0.25, -0.2) is 9.37 Å². The van der Waals surface area contributed by atoms with E-state index in [1.54, 1.807) is 23.5 Å². The van der Waals surface area contributed by atoms with Gasteiger partial charge in [0, 0.05) is 20.7 Å². The molecule has 26 heavy (non-hydrogen) atoms. The standard InChI is InChI=1S/C19H15FN2O2S2/c1-11-3-6-16(26-11)13-9-25-18-17(13)19(23)22(10-21-18)8-12-4-5-15(24-2)14(20)7-12/h3-7,9-10H,8H2,1-2H3. The molecule has 4 rings (SSSR count). The summed E-state index contributed by atoms with van der Waals surface area (Å²) in [6.45, 7) is 2.29. The van der Waals surface area contributed by atoms with Crippen LogP contribution in [0.15, 0.2) is 46.8 Å². The van der Waals surface area contributed by atoms with Gasteiger partial charge in [0.2, 0.25) is 0 Å². The number of nitrogens with zero attached hydrogens (tertiary/aromatic N) is 2. The molecule has 0 radical (unpaired) electrons. The summed E-state index contributed by atoms with van der Waals surface area (Å²) in [7, 11) is 1.42. The Labute approximate surface area is 157 Å². The van der Waals surface area contributed by atoms with Crippen LogP contribution in [0.2, 0.25) is 0 Å². The number of hydrogen-bond acceptors (Lipinski definition) is 5. The quantitative estimate of drug-likeness (QED) is 0.511. The highest BCUT2D eigenvalue weighted by molar-refractivity contribution is 7.19. The Morgan fingerprint density at radius 3 is 2.81 bits per heavy atom. The van der Waals surface area contributed by atoms with E-state index in [0.717, 1.165) is 10.4 Å². The van der Waals surface area contributed by atoms with Crippen molar-refractivity contribution < 1.29 is 9.13 Å². The highest BCUT2D eigenvalue weighted by atomic mass is 32.1. The van der Waals surface area contributed by atoms with Crippen molar-refractivity contribution in [2.24, 2.45) is 0 Å². The maximum absolute atomic E-state index is 13.9. The lowest BCUT2D eigenvalue weighted by molar-refractivity contribution is 0.386. The Bertz CT molecular complexity index is 1160. The van der Waals surface area contributed by atoms with Crippen LogP contribution in [0.1, 0.15) is 10.4 Å². The molecule has 0 saturated carbocycles. The first-order chi connectivity index (χ1) is 12.6. The van der Waals surface area contributed by atoms with E-state index in [9.17, 15) is 9.18 Å². The molecule has 0 amide bonds. The molecule has 0 spiro atoms. The number of rotatable bonds is 4. The molecular formula is C19H15FN2O2S2. The zero-order chi connectivity index (χ0) is 18.3. The van der Waals surface area contributed by atoms with Crippen molar-refractivity contribution in [2.75, 3.05) is 7.11 Å². The van der Waals surface area contributed by atoms with Crippen molar-refractivity contribution in [3.05, 3.63) is 68.7 Å². The van der Waals surface area contributed by atoms with Crippen LogP contribution in [0.25, 0.3) is 20.7 Å². The number of benzene rings is 1. The van der Waals surface area contributed by atoms with Crippen molar-refractivity contribution in [3.63, 3.8) is 0 Å². The second-order valence-corrected chi connectivity index (χ2v) is 8.03. The first-order valence-electron chi connectivity index (χ1n) is 7.92. The molecule has 0 aliphatic heterocycles. The van der Waals surface area contributed by atoms with Crippen molar-refractivity contribution in [1.29, 1.82) is 0 Å². The lowest BCUT2D eigenvalue weighted by Gasteiger charge is -2.08. The smallest absolute Gasteiger partial charge is 0.263 e. The summed E-state index contributed by atoms with van der Waals surface area (Å²) >= 11 is 3.11. The fraction of sp³-hybridized carbons (Fsp3) is 0.158. The van der Waals surface area contributed by atoms with Crippen LogP contribution in [0, 0.1) is 12.7 Å². The lowest BCUT2D eigenvalue weighted by Crippen LogP contribution is -2.21. The van der Waals surface area contributed by atoms with Gasteiger partial charge in [-0.15, -0.1) is 22.7 Å². The molecule has 7 heteroatoms. The summed E-state index contributed by atoms with van der Waals surface area (Å²) in [5.41, 5.74) is 1.47. The van der Waals surface area contributed by atoms with Crippen LogP contribution in [-0.4, -0.2) is 16.7 Å². The van der Waals surface area contributed by atoms with Gasteiger partial charge in [-0.3, -0.25) is 9.36 Å². The number of thiophene rings is 2. The van der Waals surface area contributed by atoms with Crippen LogP contribution < -0.4 is 10.3 Å². The van der Waals surface area contributed by atoms with Gasteiger partial charge in [0.25, 0.3) is 5.56 Å². The summed E-state index contributed by atoms with van der Waals surface area (Å²) in [4.78, 5) is 20.4. The molecule has 0 aliphatic rings. The van der Waals surface area contributed by atoms with Gasteiger partial charge >= 0.3 is 0 Å². The highest BCUT2D eigenvalue weighted by Crippen LogP contribution is 2.34. The third-order valence-corrected chi connectivity index (χ3v) is 6.06. The maximum Gasteiger partial charge on any atom is 0.263 e. The lowest BCUT2D eigenvalue weighted by atomic mass is 10.2. The average Bonchev–Trinajstić information content (AvgIpc) is 3.24. The summed E-state index contributed by atoms with van der Waals surface area (Å²) in [5, 5.41) is 2.59. The van der Waals surface area contributed by atoms with Crippen LogP contribution in [0.5, 0.6) is 5.75 Å². The minimum atomic E-state index is -0.447. The number of hydrogen-bond donors (Lipinski definition) is 0. The predicted octanol–water partition coefficient (Wildman–Crippen LogP) is 4.69. The monoisotopic (exact) mass is 386 g/mol. The van der Waals surface area contributed by atoms with Gasteiger partial charge in [0.1, 0.15) is 4.83 Å². The summed E-state index contributed by atoms with van der Waals surface area (Å²) in [5.74, 6) is -0.264. The maximum atomic E-state index is 13.9. The third kappa shape index (κ3) is 2.93. The van der Waals surface area contributed by atoms with Crippen LogP contribution >= 0.6 is 22.7 Å². The molecule has 3 aromatic heterocycles. The Balaban J connectivity index is 1.78. The van der Waals surface area contributed by atoms with Gasteiger partial charge in [0.05, 0.1) is 25.4 Å². The van der Waals surface area contributed by atoms with Gasteiger partial charge in [-0.2, -0.15) is 0 Å². The fourth-order valence-corrected chi connectivity index (χ4v) is 4.71.